The molecule has 0 bridgehead atoms. The molecule has 0 saturated heterocycles. The van der Waals surface area contributed by atoms with Gasteiger partial charge in [-0.2, -0.15) is 8.42 Å². The van der Waals surface area contributed by atoms with Gasteiger partial charge in [-0.25, -0.2) is 4.99 Å². The van der Waals surface area contributed by atoms with Crippen LogP contribution >= 0.6 is 0 Å². The number of nitrogens with two attached hydrogens (primary N) is 1. The Balaban J connectivity index is 2.14. The Bertz CT molecular complexity index is 708. The molecule has 0 spiro atoms. The second-order valence-electron chi connectivity index (χ2n) is 4.23. The first-order chi connectivity index (χ1) is 9.45. The molecule has 0 aromatic heterocycles. The van der Waals surface area contributed by atoms with Crippen molar-refractivity contribution in [1.29, 1.82) is 0 Å². The lowest BCUT2D eigenvalue weighted by Gasteiger charge is -2.02. The lowest BCUT2D eigenvalue weighted by molar-refractivity contribution is 0.483. The maximum Gasteiger partial charge on any atom is 0.294 e. The average molecular weight is 290 g/mol. The van der Waals surface area contributed by atoms with Crippen LogP contribution in [0.5, 0.6) is 0 Å². The molecule has 0 saturated carbocycles. The van der Waals surface area contributed by atoms with Gasteiger partial charge < -0.3 is 5.73 Å². The van der Waals surface area contributed by atoms with Crippen molar-refractivity contribution in [2.45, 2.75) is 11.3 Å². The third-order valence-corrected chi connectivity index (χ3v) is 3.50. The molecule has 0 aliphatic carbocycles. The topological polar surface area (TPSA) is 92.8 Å². The maximum atomic E-state index is 10.9. The van der Waals surface area contributed by atoms with Crippen LogP contribution in [0.4, 0.5) is 5.69 Å². The van der Waals surface area contributed by atoms with Crippen LogP contribution in [0.2, 0.25) is 0 Å². The Kier molecular flexibility index (Phi) is 4.16. The zero-order valence-corrected chi connectivity index (χ0v) is 11.4. The number of amidine groups is 1. The van der Waals surface area contributed by atoms with Crippen molar-refractivity contribution in [1.82, 2.24) is 0 Å². The highest BCUT2D eigenvalue weighted by Crippen LogP contribution is 2.16. The monoisotopic (exact) mass is 290 g/mol. The van der Waals surface area contributed by atoms with E-state index in [1.807, 2.05) is 30.3 Å². The Morgan fingerprint density at radius 1 is 1.05 bits per heavy atom. The van der Waals surface area contributed by atoms with Gasteiger partial charge >= 0.3 is 0 Å². The lowest BCUT2D eigenvalue weighted by atomic mass is 10.1. The van der Waals surface area contributed by atoms with Gasteiger partial charge in [-0.1, -0.05) is 30.3 Å². The minimum atomic E-state index is -4.18. The number of hydrogen-bond donors (Lipinski definition) is 2. The SMILES string of the molecule is NC(Cc1ccccc1)=Nc1ccc(S(=O)(=O)O)cc1. The minimum absolute atomic E-state index is 0.168. The summed E-state index contributed by atoms with van der Waals surface area (Å²) in [5.74, 6) is 0.427. The predicted molar refractivity (Wildman–Crippen MR) is 77.7 cm³/mol. The predicted octanol–water partition coefficient (Wildman–Crippen LogP) is 2.16. The van der Waals surface area contributed by atoms with Crippen molar-refractivity contribution in [3.8, 4) is 0 Å². The lowest BCUT2D eigenvalue weighted by Crippen LogP contribution is -2.14. The highest BCUT2D eigenvalue weighted by molar-refractivity contribution is 7.85. The summed E-state index contributed by atoms with van der Waals surface area (Å²) >= 11 is 0. The van der Waals surface area contributed by atoms with Gasteiger partial charge in [0.2, 0.25) is 0 Å². The van der Waals surface area contributed by atoms with E-state index in [1.54, 1.807) is 0 Å². The molecule has 2 rings (SSSR count). The van der Waals surface area contributed by atoms with Crippen LogP contribution in [0, 0.1) is 0 Å². The normalized spacial score (nSPS) is 12.3. The molecule has 0 heterocycles. The molecular formula is C14H14N2O3S. The molecule has 0 amide bonds. The van der Waals surface area contributed by atoms with E-state index in [1.165, 1.54) is 24.3 Å². The van der Waals surface area contributed by atoms with Crippen LogP contribution in [0.3, 0.4) is 0 Å². The third-order valence-electron chi connectivity index (χ3n) is 2.64. The van der Waals surface area contributed by atoms with E-state index in [0.29, 0.717) is 17.9 Å². The summed E-state index contributed by atoms with van der Waals surface area (Å²) in [5.41, 5.74) is 7.42. The minimum Gasteiger partial charge on any atom is -0.387 e. The molecule has 2 aromatic rings. The summed E-state index contributed by atoms with van der Waals surface area (Å²) < 4.78 is 30.7. The van der Waals surface area contributed by atoms with Gasteiger partial charge in [-0.15, -0.1) is 0 Å². The Morgan fingerprint density at radius 2 is 1.65 bits per heavy atom. The summed E-state index contributed by atoms with van der Waals surface area (Å²) in [7, 11) is -4.18. The number of rotatable bonds is 4. The van der Waals surface area contributed by atoms with Gasteiger partial charge in [-0.3, -0.25) is 4.55 Å². The van der Waals surface area contributed by atoms with Crippen molar-refractivity contribution < 1.29 is 13.0 Å². The summed E-state index contributed by atoms with van der Waals surface area (Å²) in [6.45, 7) is 0. The number of benzene rings is 2. The van der Waals surface area contributed by atoms with Crippen LogP contribution < -0.4 is 5.73 Å². The molecule has 20 heavy (non-hydrogen) atoms. The standard InChI is InChI=1S/C14H14N2O3S/c15-14(10-11-4-2-1-3-5-11)16-12-6-8-13(9-7-12)20(17,18)19/h1-9H,10H2,(H2,15,16)(H,17,18,19). The molecule has 0 aliphatic heterocycles. The van der Waals surface area contributed by atoms with Gasteiger partial charge in [0.25, 0.3) is 10.1 Å². The highest BCUT2D eigenvalue weighted by atomic mass is 32.2. The fourth-order valence-electron chi connectivity index (χ4n) is 1.70. The average Bonchev–Trinajstić information content (AvgIpc) is 2.39. The summed E-state index contributed by atoms with van der Waals surface area (Å²) in [6.07, 6.45) is 0.515. The Labute approximate surface area is 117 Å². The molecule has 0 fully saturated rings. The second kappa shape index (κ2) is 5.85. The Hall–Kier alpha value is -2.18. The van der Waals surface area contributed by atoms with Gasteiger partial charge in [0, 0.05) is 6.42 Å². The third kappa shape index (κ3) is 3.91. The van der Waals surface area contributed by atoms with E-state index in [0.717, 1.165) is 5.56 Å². The molecule has 6 heteroatoms. The fourth-order valence-corrected chi connectivity index (χ4v) is 2.18. The van der Waals surface area contributed by atoms with Crippen molar-refractivity contribution in [2.75, 3.05) is 0 Å². The zero-order valence-electron chi connectivity index (χ0n) is 10.6. The van der Waals surface area contributed by atoms with E-state index in [4.69, 9.17) is 10.3 Å². The first-order valence-electron chi connectivity index (χ1n) is 5.90. The molecule has 0 radical (unpaired) electrons. The first-order valence-corrected chi connectivity index (χ1v) is 7.34. The molecule has 3 N–H and O–H groups in total. The molecule has 0 unspecified atom stereocenters. The summed E-state index contributed by atoms with van der Waals surface area (Å²) in [4.78, 5) is 4.03. The molecule has 0 atom stereocenters. The molecule has 0 aliphatic rings. The fraction of sp³-hybridized carbons (Fsp3) is 0.0714. The zero-order chi connectivity index (χ0) is 14.6. The van der Waals surface area contributed by atoms with Crippen LogP contribution in [0.25, 0.3) is 0 Å². The van der Waals surface area contributed by atoms with Crippen molar-refractivity contribution in [3.05, 3.63) is 60.2 Å². The van der Waals surface area contributed by atoms with Crippen LogP contribution in [0.15, 0.2) is 64.5 Å². The van der Waals surface area contributed by atoms with Crippen LogP contribution in [-0.4, -0.2) is 18.8 Å². The quantitative estimate of drug-likeness (QED) is 0.512. The van der Waals surface area contributed by atoms with Crippen molar-refractivity contribution in [3.63, 3.8) is 0 Å². The van der Waals surface area contributed by atoms with Crippen LogP contribution in [0.1, 0.15) is 5.56 Å². The first kappa shape index (κ1) is 14.2. The summed E-state index contributed by atoms with van der Waals surface area (Å²) in [6, 6.07) is 15.2. The molecule has 2 aromatic carbocycles. The Morgan fingerprint density at radius 3 is 2.20 bits per heavy atom. The smallest absolute Gasteiger partial charge is 0.294 e. The second-order valence-corrected chi connectivity index (χ2v) is 5.66. The molecule has 104 valence electrons. The number of nitrogens with zero attached hydrogens (tertiary/aromatic N) is 1. The van der Waals surface area contributed by atoms with Gasteiger partial charge in [-0.05, 0) is 29.8 Å². The van der Waals surface area contributed by atoms with E-state index in [9.17, 15) is 8.42 Å². The van der Waals surface area contributed by atoms with Crippen molar-refractivity contribution in [2.24, 2.45) is 10.7 Å². The van der Waals surface area contributed by atoms with Crippen molar-refractivity contribution >= 4 is 21.6 Å². The van der Waals surface area contributed by atoms with Crippen LogP contribution in [-0.2, 0) is 16.5 Å². The molecule has 5 nitrogen and oxygen atoms in total. The van der Waals surface area contributed by atoms with E-state index < -0.39 is 10.1 Å². The number of hydrogen-bond acceptors (Lipinski definition) is 3. The van der Waals surface area contributed by atoms with Gasteiger partial charge in [0.05, 0.1) is 10.6 Å². The largest absolute Gasteiger partial charge is 0.387 e. The summed E-state index contributed by atoms with van der Waals surface area (Å²) in [5, 5.41) is 0. The van der Waals surface area contributed by atoms with E-state index >= 15 is 0 Å². The van der Waals surface area contributed by atoms with Gasteiger partial charge in [0.1, 0.15) is 5.84 Å². The van der Waals surface area contributed by atoms with E-state index in [2.05, 4.69) is 4.99 Å². The highest BCUT2D eigenvalue weighted by Gasteiger charge is 2.08. The maximum absolute atomic E-state index is 10.9. The molecular weight excluding hydrogens is 276 g/mol. The van der Waals surface area contributed by atoms with E-state index in [-0.39, 0.29) is 4.90 Å². The number of aliphatic imine (C=N–C) groups is 1. The van der Waals surface area contributed by atoms with Gasteiger partial charge in [0.15, 0.2) is 0 Å².